The molecule has 1 atom stereocenters. The first-order chi connectivity index (χ1) is 8.79. The van der Waals surface area contributed by atoms with Crippen LogP contribution in [-0.2, 0) is 9.59 Å². The average Bonchev–Trinajstić information content (AvgIpc) is 2.30. The summed E-state index contributed by atoms with van der Waals surface area (Å²) in [5.41, 5.74) is 3.17. The first-order valence-corrected chi connectivity index (χ1v) is 5.94. The van der Waals surface area contributed by atoms with Gasteiger partial charge in [0, 0.05) is 12.5 Å². The lowest BCUT2D eigenvalue weighted by atomic mass is 9.94. The number of aliphatic carboxylic acids is 1. The number of hydrogen-bond donors (Lipinski definition) is 2. The minimum absolute atomic E-state index is 0.396. The first-order valence-electron chi connectivity index (χ1n) is 5.94. The van der Waals surface area contributed by atoms with E-state index in [0.29, 0.717) is 11.3 Å². The van der Waals surface area contributed by atoms with Crippen LogP contribution in [0.1, 0.15) is 35.2 Å². The van der Waals surface area contributed by atoms with Gasteiger partial charge in [-0.2, -0.15) is 0 Å². The van der Waals surface area contributed by atoms with Gasteiger partial charge in [-0.25, -0.2) is 4.79 Å². The summed E-state index contributed by atoms with van der Waals surface area (Å²) in [5, 5.41) is 11.7. The Hall–Kier alpha value is -2.04. The molecule has 0 aromatic heterocycles. The Bertz CT molecular complexity index is 523. The van der Waals surface area contributed by atoms with Gasteiger partial charge in [-0.15, -0.1) is 0 Å². The molecule has 5 heteroatoms. The third-order valence-electron chi connectivity index (χ3n) is 3.12. The number of rotatable bonds is 4. The predicted octanol–water partition coefficient (Wildman–Crippen LogP) is 1.88. The molecular formula is C14H19NO4. The van der Waals surface area contributed by atoms with Crippen molar-refractivity contribution in [1.82, 2.24) is 5.32 Å². The second-order valence-corrected chi connectivity index (χ2v) is 4.55. The Morgan fingerprint density at radius 3 is 2.26 bits per heavy atom. The summed E-state index contributed by atoms with van der Waals surface area (Å²) in [6.45, 7) is 6.90. The molecule has 5 nitrogen and oxygen atoms in total. The van der Waals surface area contributed by atoms with Gasteiger partial charge >= 0.3 is 5.97 Å². The lowest BCUT2D eigenvalue weighted by Crippen LogP contribution is -2.33. The summed E-state index contributed by atoms with van der Waals surface area (Å²) in [5.74, 6) is -0.995. The van der Waals surface area contributed by atoms with E-state index >= 15 is 0 Å². The Morgan fingerprint density at radius 1 is 1.26 bits per heavy atom. The maximum Gasteiger partial charge on any atom is 0.331 e. The van der Waals surface area contributed by atoms with Gasteiger partial charge in [0.2, 0.25) is 5.91 Å². The smallest absolute Gasteiger partial charge is 0.331 e. The fraction of sp³-hybridized carbons (Fsp3) is 0.429. The van der Waals surface area contributed by atoms with Crippen LogP contribution >= 0.6 is 0 Å². The van der Waals surface area contributed by atoms with Crippen molar-refractivity contribution in [3.05, 3.63) is 28.3 Å². The van der Waals surface area contributed by atoms with Gasteiger partial charge in [0.1, 0.15) is 5.75 Å². The number of carboxylic acid groups (broad SMARTS) is 1. The van der Waals surface area contributed by atoms with E-state index in [-0.39, 0.29) is 0 Å². The van der Waals surface area contributed by atoms with Crippen LogP contribution in [0.5, 0.6) is 5.75 Å². The van der Waals surface area contributed by atoms with Crippen molar-refractivity contribution in [1.29, 1.82) is 0 Å². The standard InChI is InChI=1S/C14H19NO4/c1-7-6-8(2)11(13(19-5)9(7)3)12(14(17)18)15-10(4)16/h6,12H,1-5H3,(H,15,16)(H,17,18). The molecule has 19 heavy (non-hydrogen) atoms. The van der Waals surface area contributed by atoms with E-state index in [1.807, 2.05) is 26.8 Å². The highest BCUT2D eigenvalue weighted by Crippen LogP contribution is 2.34. The second kappa shape index (κ2) is 5.73. The molecule has 0 saturated heterocycles. The van der Waals surface area contributed by atoms with Gasteiger partial charge in [0.05, 0.1) is 7.11 Å². The molecule has 0 radical (unpaired) electrons. The van der Waals surface area contributed by atoms with Crippen LogP contribution in [0.2, 0.25) is 0 Å². The van der Waals surface area contributed by atoms with Gasteiger partial charge in [-0.3, -0.25) is 4.79 Å². The van der Waals surface area contributed by atoms with Crippen molar-refractivity contribution in [2.24, 2.45) is 0 Å². The Labute approximate surface area is 112 Å². The minimum atomic E-state index is -1.11. The molecule has 0 aliphatic heterocycles. The SMILES string of the molecule is COc1c(C)c(C)cc(C)c1C(NC(C)=O)C(=O)O. The maximum atomic E-state index is 11.4. The molecule has 0 saturated carbocycles. The summed E-state index contributed by atoms with van der Waals surface area (Å²) in [4.78, 5) is 22.6. The van der Waals surface area contributed by atoms with E-state index < -0.39 is 17.9 Å². The van der Waals surface area contributed by atoms with Crippen LogP contribution in [0.3, 0.4) is 0 Å². The van der Waals surface area contributed by atoms with E-state index in [1.165, 1.54) is 14.0 Å². The second-order valence-electron chi connectivity index (χ2n) is 4.55. The molecule has 1 amide bonds. The summed E-state index contributed by atoms with van der Waals surface area (Å²) in [6.07, 6.45) is 0. The molecule has 0 fully saturated rings. The van der Waals surface area contributed by atoms with Crippen LogP contribution in [0.15, 0.2) is 6.07 Å². The van der Waals surface area contributed by atoms with E-state index in [2.05, 4.69) is 5.32 Å². The Balaban J connectivity index is 3.49. The number of amides is 1. The monoisotopic (exact) mass is 265 g/mol. The number of carbonyl (C=O) groups excluding carboxylic acids is 1. The minimum Gasteiger partial charge on any atom is -0.496 e. The normalized spacial score (nSPS) is 11.8. The van der Waals surface area contributed by atoms with Gasteiger partial charge in [-0.1, -0.05) is 6.07 Å². The quantitative estimate of drug-likeness (QED) is 0.871. The summed E-state index contributed by atoms with van der Waals surface area (Å²) >= 11 is 0. The number of methoxy groups -OCH3 is 1. The molecule has 0 aliphatic rings. The van der Waals surface area contributed by atoms with Gasteiger partial charge in [-0.05, 0) is 37.5 Å². The number of hydrogen-bond acceptors (Lipinski definition) is 3. The maximum absolute atomic E-state index is 11.4. The van der Waals surface area contributed by atoms with Crippen molar-refractivity contribution >= 4 is 11.9 Å². The highest BCUT2D eigenvalue weighted by atomic mass is 16.5. The molecular weight excluding hydrogens is 246 g/mol. The Morgan fingerprint density at radius 2 is 1.84 bits per heavy atom. The third kappa shape index (κ3) is 3.05. The van der Waals surface area contributed by atoms with Gasteiger partial charge in [0.25, 0.3) is 0 Å². The molecule has 0 aliphatic carbocycles. The van der Waals surface area contributed by atoms with E-state index in [0.717, 1.165) is 16.7 Å². The zero-order valence-electron chi connectivity index (χ0n) is 11.8. The molecule has 0 spiro atoms. The molecule has 1 aromatic rings. The number of benzene rings is 1. The number of ether oxygens (including phenoxy) is 1. The van der Waals surface area contributed by atoms with Crippen LogP contribution in [0.4, 0.5) is 0 Å². The van der Waals surface area contributed by atoms with Crippen LogP contribution in [0.25, 0.3) is 0 Å². The van der Waals surface area contributed by atoms with Crippen molar-refractivity contribution in [2.75, 3.05) is 7.11 Å². The van der Waals surface area contributed by atoms with E-state index in [4.69, 9.17) is 4.74 Å². The lowest BCUT2D eigenvalue weighted by molar-refractivity contribution is -0.141. The predicted molar refractivity (Wildman–Crippen MR) is 71.4 cm³/mol. The third-order valence-corrected chi connectivity index (χ3v) is 3.12. The topological polar surface area (TPSA) is 75.6 Å². The average molecular weight is 265 g/mol. The Kier molecular flexibility index (Phi) is 4.53. The van der Waals surface area contributed by atoms with Crippen LogP contribution in [-0.4, -0.2) is 24.1 Å². The lowest BCUT2D eigenvalue weighted by Gasteiger charge is -2.22. The fourth-order valence-electron chi connectivity index (χ4n) is 2.15. The van der Waals surface area contributed by atoms with Gasteiger partial charge < -0.3 is 15.2 Å². The summed E-state index contributed by atoms with van der Waals surface area (Å²) in [6, 6.07) is 0.789. The summed E-state index contributed by atoms with van der Waals surface area (Å²) < 4.78 is 5.34. The molecule has 2 N–H and O–H groups in total. The van der Waals surface area contributed by atoms with Gasteiger partial charge in [0.15, 0.2) is 6.04 Å². The molecule has 1 rings (SSSR count). The van der Waals surface area contributed by atoms with Crippen molar-refractivity contribution < 1.29 is 19.4 Å². The van der Waals surface area contributed by atoms with Crippen LogP contribution in [0, 0.1) is 20.8 Å². The van der Waals surface area contributed by atoms with Crippen molar-refractivity contribution in [3.8, 4) is 5.75 Å². The number of carboxylic acids is 1. The highest BCUT2D eigenvalue weighted by molar-refractivity contribution is 5.84. The zero-order chi connectivity index (χ0) is 14.7. The number of aryl methyl sites for hydroxylation is 2. The molecule has 104 valence electrons. The largest absolute Gasteiger partial charge is 0.496 e. The first kappa shape index (κ1) is 15.0. The fourth-order valence-corrected chi connectivity index (χ4v) is 2.15. The molecule has 0 heterocycles. The molecule has 1 unspecified atom stereocenters. The summed E-state index contributed by atoms with van der Waals surface area (Å²) in [7, 11) is 1.50. The van der Waals surface area contributed by atoms with Crippen molar-refractivity contribution in [2.45, 2.75) is 33.7 Å². The molecule has 1 aromatic carbocycles. The van der Waals surface area contributed by atoms with E-state index in [1.54, 1.807) is 0 Å². The zero-order valence-corrected chi connectivity index (χ0v) is 11.8. The number of carbonyl (C=O) groups is 2. The van der Waals surface area contributed by atoms with Crippen molar-refractivity contribution in [3.63, 3.8) is 0 Å². The van der Waals surface area contributed by atoms with E-state index in [9.17, 15) is 14.7 Å². The highest BCUT2D eigenvalue weighted by Gasteiger charge is 2.27. The van der Waals surface area contributed by atoms with Crippen LogP contribution < -0.4 is 10.1 Å². The molecule has 0 bridgehead atoms. The number of nitrogens with one attached hydrogen (secondary N) is 1.